The number of ether oxygens (including phenoxy) is 2. The fourth-order valence-electron chi connectivity index (χ4n) is 3.74. The van der Waals surface area contributed by atoms with Crippen molar-refractivity contribution in [1.82, 2.24) is 5.32 Å². The second-order valence-corrected chi connectivity index (χ2v) is 8.36. The summed E-state index contributed by atoms with van der Waals surface area (Å²) in [6.45, 7) is -0.787. The first-order valence-electron chi connectivity index (χ1n) is 11.4. The SMILES string of the molecule is N=C(N)c1cccc(NC(C(=O)NCCC(=O)O)c2ccccc2OC2OC(CO)C(O)C(O)C2O)c1. The van der Waals surface area contributed by atoms with Crippen LogP contribution in [0, 0.1) is 5.41 Å². The van der Waals surface area contributed by atoms with E-state index >= 15 is 0 Å². The molecular formula is C24H30N4O9. The first kappa shape index (κ1) is 27.8. The van der Waals surface area contributed by atoms with Gasteiger partial charge in [0.2, 0.25) is 12.2 Å². The summed E-state index contributed by atoms with van der Waals surface area (Å²) < 4.78 is 11.2. The molecule has 6 unspecified atom stereocenters. The zero-order chi connectivity index (χ0) is 27.1. The molecule has 200 valence electrons. The van der Waals surface area contributed by atoms with Crippen molar-refractivity contribution in [3.8, 4) is 5.75 Å². The van der Waals surface area contributed by atoms with Crippen LogP contribution in [0.25, 0.3) is 0 Å². The number of hydrogen-bond donors (Lipinski definition) is 9. The van der Waals surface area contributed by atoms with Crippen LogP contribution in [-0.2, 0) is 14.3 Å². The standard InChI is InChI=1S/C24H30N4O9/c25-22(26)12-4-3-5-13(10-12)28-18(23(35)27-9-8-17(30)31)14-6-1-2-7-15(14)36-24-21(34)20(33)19(32)16(11-29)37-24/h1-7,10,16,18-21,24,28-29,32-34H,8-9,11H2,(H3,25,26)(H,27,35)(H,30,31). The van der Waals surface area contributed by atoms with Gasteiger partial charge in [-0.3, -0.25) is 15.0 Å². The Balaban J connectivity index is 1.93. The van der Waals surface area contributed by atoms with Gasteiger partial charge in [-0.2, -0.15) is 0 Å². The van der Waals surface area contributed by atoms with Crippen LogP contribution in [0.3, 0.4) is 0 Å². The Morgan fingerprint density at radius 1 is 1.08 bits per heavy atom. The minimum absolute atomic E-state index is 0.0698. The van der Waals surface area contributed by atoms with Gasteiger partial charge in [-0.25, -0.2) is 0 Å². The Labute approximate surface area is 212 Å². The molecule has 0 saturated carbocycles. The van der Waals surface area contributed by atoms with Gasteiger partial charge >= 0.3 is 5.97 Å². The van der Waals surface area contributed by atoms with E-state index in [4.69, 9.17) is 25.7 Å². The van der Waals surface area contributed by atoms with Crippen LogP contribution in [0.5, 0.6) is 5.75 Å². The number of carboxylic acid groups (broad SMARTS) is 1. The number of carbonyl (C=O) groups excluding carboxylic acids is 1. The number of amidine groups is 1. The molecule has 0 spiro atoms. The van der Waals surface area contributed by atoms with E-state index < -0.39 is 55.2 Å². The second-order valence-electron chi connectivity index (χ2n) is 8.36. The summed E-state index contributed by atoms with van der Waals surface area (Å²) in [4.78, 5) is 24.1. The van der Waals surface area contributed by atoms with Crippen LogP contribution in [0.2, 0.25) is 0 Å². The van der Waals surface area contributed by atoms with Crippen LogP contribution in [0.4, 0.5) is 5.69 Å². The molecule has 1 aliphatic heterocycles. The van der Waals surface area contributed by atoms with Gasteiger partial charge in [-0.15, -0.1) is 0 Å². The number of aliphatic hydroxyl groups excluding tert-OH is 4. The zero-order valence-corrected chi connectivity index (χ0v) is 19.7. The van der Waals surface area contributed by atoms with Gasteiger partial charge in [-0.05, 0) is 18.2 Å². The molecule has 2 aromatic carbocycles. The predicted molar refractivity (Wildman–Crippen MR) is 130 cm³/mol. The summed E-state index contributed by atoms with van der Waals surface area (Å²) in [6.07, 6.45) is -7.90. The molecule has 1 heterocycles. The molecule has 13 heteroatoms. The van der Waals surface area contributed by atoms with Crippen molar-refractivity contribution in [2.24, 2.45) is 5.73 Å². The Morgan fingerprint density at radius 2 is 1.81 bits per heavy atom. The van der Waals surface area contributed by atoms with E-state index in [-0.39, 0.29) is 30.1 Å². The largest absolute Gasteiger partial charge is 0.481 e. The summed E-state index contributed by atoms with van der Waals surface area (Å²) in [5, 5.41) is 62.1. The number of benzene rings is 2. The van der Waals surface area contributed by atoms with Crippen LogP contribution in [0.15, 0.2) is 48.5 Å². The molecular weight excluding hydrogens is 488 g/mol. The van der Waals surface area contributed by atoms with Crippen molar-refractivity contribution in [3.05, 3.63) is 59.7 Å². The fourth-order valence-corrected chi connectivity index (χ4v) is 3.74. The predicted octanol–water partition coefficient (Wildman–Crippen LogP) is -1.11. The summed E-state index contributed by atoms with van der Waals surface area (Å²) >= 11 is 0. The van der Waals surface area contributed by atoms with Crippen molar-refractivity contribution < 1.29 is 44.6 Å². The number of para-hydroxylation sites is 1. The molecule has 1 fully saturated rings. The van der Waals surface area contributed by atoms with Gasteiger partial charge in [0.05, 0.1) is 13.0 Å². The summed E-state index contributed by atoms with van der Waals surface area (Å²) in [5.41, 5.74) is 6.66. The number of anilines is 1. The van der Waals surface area contributed by atoms with Crippen molar-refractivity contribution >= 4 is 23.4 Å². The maximum atomic E-state index is 13.2. The molecule has 0 bridgehead atoms. The number of amides is 1. The van der Waals surface area contributed by atoms with E-state index in [0.29, 0.717) is 11.3 Å². The lowest BCUT2D eigenvalue weighted by Crippen LogP contribution is -2.60. The van der Waals surface area contributed by atoms with Gasteiger partial charge < -0.3 is 51.4 Å². The lowest BCUT2D eigenvalue weighted by Gasteiger charge is -2.39. The number of aliphatic carboxylic acids is 1. The molecule has 13 nitrogen and oxygen atoms in total. The molecule has 2 aromatic rings. The van der Waals surface area contributed by atoms with Crippen LogP contribution >= 0.6 is 0 Å². The normalized spacial score (nSPS) is 24.1. The van der Waals surface area contributed by atoms with Crippen molar-refractivity contribution in [2.45, 2.75) is 43.2 Å². The molecule has 3 rings (SSSR count). The van der Waals surface area contributed by atoms with E-state index in [0.717, 1.165) is 0 Å². The third-order valence-corrected chi connectivity index (χ3v) is 5.71. The van der Waals surface area contributed by atoms with E-state index in [9.17, 15) is 30.0 Å². The number of nitrogens with two attached hydrogens (primary N) is 1. The van der Waals surface area contributed by atoms with Crippen LogP contribution < -0.4 is 21.1 Å². The molecule has 1 amide bonds. The number of nitrogens with one attached hydrogen (secondary N) is 3. The highest BCUT2D eigenvalue weighted by molar-refractivity contribution is 5.96. The van der Waals surface area contributed by atoms with Gasteiger partial charge in [-0.1, -0.05) is 30.3 Å². The van der Waals surface area contributed by atoms with E-state index in [1.54, 1.807) is 42.5 Å². The number of carbonyl (C=O) groups is 2. The van der Waals surface area contributed by atoms with Crippen LogP contribution in [0.1, 0.15) is 23.6 Å². The summed E-state index contributed by atoms with van der Waals surface area (Å²) in [6, 6.07) is 11.6. The Morgan fingerprint density at radius 3 is 2.49 bits per heavy atom. The van der Waals surface area contributed by atoms with Gasteiger partial charge in [0.15, 0.2) is 0 Å². The molecule has 1 saturated heterocycles. The van der Waals surface area contributed by atoms with E-state index in [1.807, 2.05) is 0 Å². The average Bonchev–Trinajstić information content (AvgIpc) is 2.88. The van der Waals surface area contributed by atoms with Gasteiger partial charge in [0.1, 0.15) is 42.0 Å². The van der Waals surface area contributed by atoms with Crippen molar-refractivity contribution in [1.29, 1.82) is 5.41 Å². The highest BCUT2D eigenvalue weighted by Gasteiger charge is 2.45. The summed E-state index contributed by atoms with van der Waals surface area (Å²) in [5.74, 6) is -1.80. The molecule has 6 atom stereocenters. The lowest BCUT2D eigenvalue weighted by molar-refractivity contribution is -0.277. The summed E-state index contributed by atoms with van der Waals surface area (Å²) in [7, 11) is 0. The Kier molecular flexibility index (Phi) is 9.38. The molecule has 0 aromatic heterocycles. The van der Waals surface area contributed by atoms with Crippen molar-refractivity contribution in [2.75, 3.05) is 18.5 Å². The molecule has 10 N–H and O–H groups in total. The third-order valence-electron chi connectivity index (χ3n) is 5.71. The first-order valence-corrected chi connectivity index (χ1v) is 11.4. The van der Waals surface area contributed by atoms with Gasteiger partial charge in [0.25, 0.3) is 0 Å². The maximum absolute atomic E-state index is 13.2. The molecule has 0 radical (unpaired) electrons. The second kappa shape index (κ2) is 12.5. The number of carboxylic acids is 1. The Hall–Kier alpha value is -3.75. The minimum Gasteiger partial charge on any atom is -0.481 e. The topological polar surface area (TPSA) is 228 Å². The number of nitrogen functional groups attached to an aromatic ring is 1. The number of rotatable bonds is 11. The highest BCUT2D eigenvalue weighted by Crippen LogP contribution is 2.32. The quantitative estimate of drug-likeness (QED) is 0.128. The first-order chi connectivity index (χ1) is 17.6. The minimum atomic E-state index is -1.67. The third kappa shape index (κ3) is 6.93. The van der Waals surface area contributed by atoms with E-state index in [2.05, 4.69) is 10.6 Å². The molecule has 1 aliphatic rings. The molecule has 0 aliphatic carbocycles. The monoisotopic (exact) mass is 518 g/mol. The average molecular weight is 519 g/mol. The maximum Gasteiger partial charge on any atom is 0.305 e. The fraction of sp³-hybridized carbons (Fsp3) is 0.375. The number of hydrogen-bond acceptors (Lipinski definition) is 10. The smallest absolute Gasteiger partial charge is 0.305 e. The number of aliphatic hydroxyl groups is 4. The highest BCUT2D eigenvalue weighted by atomic mass is 16.7. The molecule has 37 heavy (non-hydrogen) atoms. The lowest BCUT2D eigenvalue weighted by atomic mass is 9.99. The van der Waals surface area contributed by atoms with E-state index in [1.165, 1.54) is 6.07 Å². The zero-order valence-electron chi connectivity index (χ0n) is 19.7. The Bertz CT molecular complexity index is 1110. The van der Waals surface area contributed by atoms with Crippen molar-refractivity contribution in [3.63, 3.8) is 0 Å². The van der Waals surface area contributed by atoms with Gasteiger partial charge in [0, 0.05) is 23.4 Å². The van der Waals surface area contributed by atoms with Crippen LogP contribution in [-0.4, -0.2) is 87.1 Å².